The summed E-state index contributed by atoms with van der Waals surface area (Å²) in [6, 6.07) is 11.2. The number of anilines is 1. The van der Waals surface area contributed by atoms with E-state index in [1.165, 1.54) is 0 Å². The van der Waals surface area contributed by atoms with Crippen molar-refractivity contribution in [2.45, 2.75) is 39.4 Å². The molecular formula is C23H28N6O3S. The molecule has 2 amide bonds. The Labute approximate surface area is 197 Å². The number of fused-ring (bicyclic) bond motifs is 1. The largest absolute Gasteiger partial charge is 0.465 e. The highest BCUT2D eigenvalue weighted by Crippen LogP contribution is 2.16. The van der Waals surface area contributed by atoms with E-state index < -0.39 is 17.5 Å². The molecule has 0 atom stereocenters. The average Bonchev–Trinajstić information content (AvgIpc) is 3.23. The first kappa shape index (κ1) is 24.0. The predicted molar refractivity (Wildman–Crippen MR) is 132 cm³/mol. The van der Waals surface area contributed by atoms with Crippen LogP contribution < -0.4 is 16.0 Å². The van der Waals surface area contributed by atoms with Crippen LogP contribution in [0.4, 0.5) is 10.5 Å². The second kappa shape index (κ2) is 10.3. The van der Waals surface area contributed by atoms with Crippen LogP contribution in [-0.2, 0) is 17.9 Å². The number of hydrogen-bond donors (Lipinski definition) is 5. The van der Waals surface area contributed by atoms with Gasteiger partial charge in [-0.15, -0.1) is 0 Å². The van der Waals surface area contributed by atoms with E-state index in [-0.39, 0.29) is 6.54 Å². The molecule has 0 bridgehead atoms. The van der Waals surface area contributed by atoms with Crippen molar-refractivity contribution >= 4 is 46.1 Å². The van der Waals surface area contributed by atoms with Crippen molar-refractivity contribution in [2.24, 2.45) is 0 Å². The first-order valence-electron chi connectivity index (χ1n) is 10.5. The zero-order valence-electron chi connectivity index (χ0n) is 18.8. The molecule has 174 valence electrons. The van der Waals surface area contributed by atoms with Crippen LogP contribution in [0.25, 0.3) is 11.0 Å². The molecule has 9 nitrogen and oxygen atoms in total. The summed E-state index contributed by atoms with van der Waals surface area (Å²) in [5.74, 6) is -0.400. The van der Waals surface area contributed by atoms with Crippen LogP contribution in [0.1, 0.15) is 31.9 Å². The minimum Gasteiger partial charge on any atom is -0.465 e. The number of hydrogen-bond acceptors (Lipinski definition) is 4. The number of nitrogens with zero attached hydrogens (tertiary/aromatic N) is 2. The second-order valence-electron chi connectivity index (χ2n) is 8.53. The SMILES string of the molecule is CC(C)(C)N(CC(=O)Nc1cccc(CNC(=S)NCc2ccnc3[nH]ccc23)c1)C(=O)O. The highest BCUT2D eigenvalue weighted by molar-refractivity contribution is 7.80. The summed E-state index contributed by atoms with van der Waals surface area (Å²) in [7, 11) is 0. The Morgan fingerprint density at radius 1 is 1.15 bits per heavy atom. The third kappa shape index (κ3) is 6.66. The smallest absolute Gasteiger partial charge is 0.408 e. The molecule has 1 aromatic carbocycles. The van der Waals surface area contributed by atoms with Crippen molar-refractivity contribution in [3.63, 3.8) is 0 Å². The van der Waals surface area contributed by atoms with Crippen LogP contribution in [0.2, 0.25) is 0 Å². The Balaban J connectivity index is 1.51. The predicted octanol–water partition coefficient (Wildman–Crippen LogP) is 3.44. The molecule has 0 fully saturated rings. The van der Waals surface area contributed by atoms with Crippen molar-refractivity contribution in [3.8, 4) is 0 Å². The van der Waals surface area contributed by atoms with Gasteiger partial charge in [0, 0.05) is 42.1 Å². The van der Waals surface area contributed by atoms with E-state index in [1.54, 1.807) is 33.0 Å². The molecule has 33 heavy (non-hydrogen) atoms. The molecule has 5 N–H and O–H groups in total. The molecule has 0 unspecified atom stereocenters. The van der Waals surface area contributed by atoms with Crippen LogP contribution in [0.15, 0.2) is 48.8 Å². The number of carbonyl (C=O) groups is 2. The zero-order chi connectivity index (χ0) is 24.0. The molecule has 0 spiro atoms. The minimum atomic E-state index is -1.14. The monoisotopic (exact) mass is 468 g/mol. The molecule has 0 radical (unpaired) electrons. The lowest BCUT2D eigenvalue weighted by Gasteiger charge is -2.32. The van der Waals surface area contributed by atoms with Crippen LogP contribution in [0.5, 0.6) is 0 Å². The standard InChI is InChI=1S/C23H28N6O3S/c1-23(2,3)29(22(31)32)14-19(30)28-17-6-4-5-15(11-17)12-26-21(33)27-13-16-7-9-24-20-18(16)8-10-25-20/h4-11H,12-14H2,1-3H3,(H,24,25)(H,28,30)(H,31,32)(H2,26,27,33). The Hall–Kier alpha value is -3.66. The van der Waals surface area contributed by atoms with Crippen LogP contribution in [0, 0.1) is 0 Å². The maximum atomic E-state index is 12.4. The van der Waals surface area contributed by atoms with Gasteiger partial charge < -0.3 is 26.0 Å². The van der Waals surface area contributed by atoms with E-state index in [2.05, 4.69) is 25.9 Å². The van der Waals surface area contributed by atoms with E-state index in [4.69, 9.17) is 12.2 Å². The Kier molecular flexibility index (Phi) is 7.49. The van der Waals surface area contributed by atoms with E-state index in [0.717, 1.165) is 27.1 Å². The third-order valence-corrected chi connectivity index (χ3v) is 5.28. The quantitative estimate of drug-likeness (QED) is 0.337. The number of pyridine rings is 1. The number of H-pyrrole nitrogens is 1. The van der Waals surface area contributed by atoms with Crippen LogP contribution in [-0.4, -0.2) is 49.2 Å². The minimum absolute atomic E-state index is 0.251. The van der Waals surface area contributed by atoms with Crippen molar-refractivity contribution in [1.82, 2.24) is 25.5 Å². The number of carbonyl (C=O) groups excluding carboxylic acids is 1. The summed E-state index contributed by atoms with van der Waals surface area (Å²) in [6.45, 7) is 6.01. The number of aromatic amines is 1. The van der Waals surface area contributed by atoms with Crippen LogP contribution in [0.3, 0.4) is 0 Å². The van der Waals surface area contributed by atoms with Gasteiger partial charge in [-0.25, -0.2) is 9.78 Å². The molecule has 2 aromatic heterocycles. The van der Waals surface area contributed by atoms with Gasteiger partial charge in [-0.2, -0.15) is 0 Å². The number of amides is 2. The van der Waals surface area contributed by atoms with E-state index in [1.807, 2.05) is 36.5 Å². The summed E-state index contributed by atoms with van der Waals surface area (Å²) in [5, 5.41) is 20.0. The average molecular weight is 469 g/mol. The van der Waals surface area contributed by atoms with Gasteiger partial charge in [-0.3, -0.25) is 9.69 Å². The molecule has 3 aromatic rings. The molecule has 3 rings (SSSR count). The van der Waals surface area contributed by atoms with Gasteiger partial charge in [0.2, 0.25) is 5.91 Å². The number of thiocarbonyl (C=S) groups is 1. The lowest BCUT2D eigenvalue weighted by atomic mass is 10.1. The van der Waals surface area contributed by atoms with E-state index >= 15 is 0 Å². The molecule has 2 heterocycles. The lowest BCUT2D eigenvalue weighted by Crippen LogP contribution is -2.48. The van der Waals surface area contributed by atoms with Crippen molar-refractivity contribution in [1.29, 1.82) is 0 Å². The van der Waals surface area contributed by atoms with Gasteiger partial charge in [0.25, 0.3) is 0 Å². The number of rotatable bonds is 7. The maximum Gasteiger partial charge on any atom is 0.408 e. The Morgan fingerprint density at radius 2 is 1.91 bits per heavy atom. The first-order chi connectivity index (χ1) is 15.6. The third-order valence-electron chi connectivity index (χ3n) is 5.00. The number of nitrogens with one attached hydrogen (secondary N) is 4. The van der Waals surface area contributed by atoms with Gasteiger partial charge in [0.05, 0.1) is 0 Å². The molecule has 0 aliphatic rings. The van der Waals surface area contributed by atoms with Gasteiger partial charge in [-0.05, 0) is 68.4 Å². The molecule has 0 aliphatic heterocycles. The second-order valence-corrected chi connectivity index (χ2v) is 8.94. The molecule has 10 heteroatoms. The summed E-state index contributed by atoms with van der Waals surface area (Å²) in [5.41, 5.74) is 2.74. The molecular weight excluding hydrogens is 440 g/mol. The Bertz CT molecular complexity index is 1150. The summed E-state index contributed by atoms with van der Waals surface area (Å²) in [4.78, 5) is 32.3. The van der Waals surface area contributed by atoms with Gasteiger partial charge >= 0.3 is 6.09 Å². The topological polar surface area (TPSA) is 122 Å². The maximum absolute atomic E-state index is 12.4. The fourth-order valence-electron chi connectivity index (χ4n) is 3.29. The highest BCUT2D eigenvalue weighted by Gasteiger charge is 2.28. The van der Waals surface area contributed by atoms with E-state index in [0.29, 0.717) is 23.9 Å². The molecule has 0 saturated carbocycles. The van der Waals surface area contributed by atoms with Gasteiger partial charge in [-0.1, -0.05) is 12.1 Å². The number of carboxylic acid groups (broad SMARTS) is 1. The van der Waals surface area contributed by atoms with Crippen molar-refractivity contribution < 1.29 is 14.7 Å². The highest BCUT2D eigenvalue weighted by atomic mass is 32.1. The summed E-state index contributed by atoms with van der Waals surface area (Å²) < 4.78 is 0. The summed E-state index contributed by atoms with van der Waals surface area (Å²) >= 11 is 5.39. The fraction of sp³-hybridized carbons (Fsp3) is 0.304. The number of benzene rings is 1. The lowest BCUT2D eigenvalue weighted by molar-refractivity contribution is -0.118. The first-order valence-corrected chi connectivity index (χ1v) is 10.9. The Morgan fingerprint density at radius 3 is 2.64 bits per heavy atom. The van der Waals surface area contributed by atoms with Gasteiger partial charge in [0.15, 0.2) is 5.11 Å². The van der Waals surface area contributed by atoms with E-state index in [9.17, 15) is 14.7 Å². The van der Waals surface area contributed by atoms with Crippen LogP contribution >= 0.6 is 12.2 Å². The fourth-order valence-corrected chi connectivity index (χ4v) is 3.43. The zero-order valence-corrected chi connectivity index (χ0v) is 19.6. The van der Waals surface area contributed by atoms with Crippen molar-refractivity contribution in [2.75, 3.05) is 11.9 Å². The van der Waals surface area contributed by atoms with Crippen molar-refractivity contribution in [3.05, 3.63) is 59.9 Å². The molecule has 0 saturated heterocycles. The normalized spacial score (nSPS) is 11.1. The van der Waals surface area contributed by atoms with Gasteiger partial charge in [0.1, 0.15) is 12.2 Å². The molecule has 0 aliphatic carbocycles. The number of aromatic nitrogens is 2. The summed E-state index contributed by atoms with van der Waals surface area (Å²) in [6.07, 6.45) is 2.47.